The van der Waals surface area contributed by atoms with Crippen LogP contribution in [0, 0.1) is 0 Å². The van der Waals surface area contributed by atoms with E-state index in [0.717, 1.165) is 57.8 Å². The van der Waals surface area contributed by atoms with Gasteiger partial charge in [0.1, 0.15) is 0 Å². The number of amides is 1. The molecule has 2 unspecified atom stereocenters. The molecule has 0 aliphatic rings. The van der Waals surface area contributed by atoms with Gasteiger partial charge < -0.3 is 20.3 Å². The van der Waals surface area contributed by atoms with Crippen molar-refractivity contribution in [2.75, 3.05) is 13.2 Å². The number of hydrogen-bond donors (Lipinski definition) is 3. The first-order valence-corrected chi connectivity index (χ1v) is 38.1. The summed E-state index contributed by atoms with van der Waals surface area (Å²) in [5, 5.41) is 23.3. The molecule has 0 rings (SSSR count). The summed E-state index contributed by atoms with van der Waals surface area (Å²) in [6.07, 6.45) is 98.9. The topological polar surface area (TPSA) is 95.9 Å². The first-order chi connectivity index (χ1) is 42.0. The molecule has 0 radical (unpaired) electrons. The molecule has 6 heteroatoms. The van der Waals surface area contributed by atoms with Crippen LogP contribution in [0.5, 0.6) is 0 Å². The Morgan fingerprint density at radius 3 is 0.906 bits per heavy atom. The van der Waals surface area contributed by atoms with Gasteiger partial charge in [-0.2, -0.15) is 0 Å². The predicted molar refractivity (Wildman–Crippen MR) is 375 cm³/mol. The van der Waals surface area contributed by atoms with E-state index in [1.54, 1.807) is 6.08 Å². The molecular weight excluding hydrogens is 1040 g/mol. The van der Waals surface area contributed by atoms with Gasteiger partial charge in [0.05, 0.1) is 25.4 Å². The Balaban J connectivity index is 3.43. The van der Waals surface area contributed by atoms with E-state index in [-0.39, 0.29) is 18.5 Å². The van der Waals surface area contributed by atoms with E-state index in [1.807, 2.05) is 6.08 Å². The second-order valence-corrected chi connectivity index (χ2v) is 26.0. The summed E-state index contributed by atoms with van der Waals surface area (Å²) < 4.78 is 5.50. The Hall–Kier alpha value is -2.44. The first kappa shape index (κ1) is 82.6. The zero-order chi connectivity index (χ0) is 61.3. The maximum Gasteiger partial charge on any atom is 0.305 e. The van der Waals surface area contributed by atoms with Crippen LogP contribution in [0.4, 0.5) is 0 Å². The number of carbonyl (C=O) groups is 2. The van der Waals surface area contributed by atoms with Crippen LogP contribution in [0.25, 0.3) is 0 Å². The van der Waals surface area contributed by atoms with Gasteiger partial charge in [-0.1, -0.05) is 357 Å². The fourth-order valence-electron chi connectivity index (χ4n) is 11.7. The van der Waals surface area contributed by atoms with E-state index in [2.05, 4.69) is 67.8 Å². The Bertz CT molecular complexity index is 1470. The zero-order valence-corrected chi connectivity index (χ0v) is 57.1. The molecule has 0 aromatic heterocycles. The molecule has 85 heavy (non-hydrogen) atoms. The quantitative estimate of drug-likeness (QED) is 0.0320. The molecule has 2 atom stereocenters. The van der Waals surface area contributed by atoms with E-state index in [0.29, 0.717) is 19.4 Å². The third kappa shape index (κ3) is 70.5. The average Bonchev–Trinajstić information content (AvgIpc) is 3.51. The Kier molecular flexibility index (Phi) is 71.9. The average molecular weight is 1190 g/mol. The van der Waals surface area contributed by atoms with Gasteiger partial charge >= 0.3 is 5.97 Å². The van der Waals surface area contributed by atoms with Gasteiger partial charge in [-0.05, 0) is 96.3 Å². The molecule has 0 saturated carbocycles. The summed E-state index contributed by atoms with van der Waals surface area (Å²) in [5.41, 5.74) is 0. The van der Waals surface area contributed by atoms with E-state index in [4.69, 9.17) is 4.74 Å². The normalized spacial score (nSPS) is 12.8. The first-order valence-electron chi connectivity index (χ1n) is 38.1. The van der Waals surface area contributed by atoms with Crippen molar-refractivity contribution in [2.24, 2.45) is 0 Å². The number of allylic oxidation sites excluding steroid dienone is 9. The highest BCUT2D eigenvalue weighted by molar-refractivity contribution is 5.76. The molecule has 0 bridgehead atoms. The summed E-state index contributed by atoms with van der Waals surface area (Å²) in [7, 11) is 0. The second kappa shape index (κ2) is 74.0. The lowest BCUT2D eigenvalue weighted by Crippen LogP contribution is -2.45. The van der Waals surface area contributed by atoms with Crippen molar-refractivity contribution in [1.82, 2.24) is 5.32 Å². The monoisotopic (exact) mass is 1190 g/mol. The van der Waals surface area contributed by atoms with Gasteiger partial charge in [0.25, 0.3) is 0 Å². The molecule has 0 aromatic carbocycles. The lowest BCUT2D eigenvalue weighted by molar-refractivity contribution is -0.143. The molecule has 0 aliphatic heterocycles. The minimum atomic E-state index is -0.848. The lowest BCUT2D eigenvalue weighted by Gasteiger charge is -2.20. The minimum Gasteiger partial charge on any atom is -0.466 e. The van der Waals surface area contributed by atoms with Crippen LogP contribution < -0.4 is 5.32 Å². The van der Waals surface area contributed by atoms with E-state index < -0.39 is 12.1 Å². The molecule has 3 N–H and O–H groups in total. The van der Waals surface area contributed by atoms with Crippen molar-refractivity contribution in [3.05, 3.63) is 60.8 Å². The molecule has 0 saturated heterocycles. The molecular formula is C79H147NO5. The van der Waals surface area contributed by atoms with Gasteiger partial charge in [-0.15, -0.1) is 0 Å². The summed E-state index contributed by atoms with van der Waals surface area (Å²) in [5.74, 6) is -0.0613. The van der Waals surface area contributed by atoms with E-state index in [1.165, 1.54) is 321 Å². The van der Waals surface area contributed by atoms with Gasteiger partial charge in [0.15, 0.2) is 0 Å². The number of esters is 1. The van der Waals surface area contributed by atoms with Gasteiger partial charge in [0.2, 0.25) is 5.91 Å². The van der Waals surface area contributed by atoms with Crippen molar-refractivity contribution >= 4 is 11.9 Å². The number of hydrogen-bond acceptors (Lipinski definition) is 5. The molecule has 0 aromatic rings. The highest BCUT2D eigenvalue weighted by Gasteiger charge is 2.18. The molecule has 0 aliphatic carbocycles. The number of aliphatic hydroxyl groups excluding tert-OH is 2. The number of aliphatic hydroxyl groups is 2. The second-order valence-electron chi connectivity index (χ2n) is 26.0. The molecule has 0 fully saturated rings. The van der Waals surface area contributed by atoms with Crippen LogP contribution in [0.1, 0.15) is 406 Å². The standard InChI is InChI=1S/C79H147NO5/c1-3-5-7-9-11-13-15-17-19-21-23-33-36-39-43-47-51-55-59-63-67-71-77(82)76(75-81)80-78(83)72-68-64-60-56-52-48-44-40-37-34-31-29-27-25-24-26-28-30-32-35-38-42-46-50-54-58-62-66-70-74-85-79(84)73-69-65-61-57-53-49-45-41-22-20-18-16-14-12-10-8-6-4-2/h14,16,20,22,24,26,30,32,67,71,76-77,81-82H,3-13,15,17-19,21,23,25,27-29,31,33-66,68-70,72-75H2,1-2H3,(H,80,83)/b16-14-,22-20-,26-24-,32-30-,71-67+. The van der Waals surface area contributed by atoms with Crippen molar-refractivity contribution < 1.29 is 24.5 Å². The Morgan fingerprint density at radius 2 is 0.588 bits per heavy atom. The molecule has 0 spiro atoms. The Morgan fingerprint density at radius 1 is 0.329 bits per heavy atom. The SMILES string of the molecule is CCCCCC/C=C\C/C=C\CCCCCCCCCC(=O)OCCCCCCCCCCC/C=C\C/C=C\CCCCCCCCCCCCCCCC(=O)NC(CO)C(O)/C=C/CCCCCCCCCCCCCCCCCCCCC. The number of carbonyl (C=O) groups excluding carboxylic acids is 2. The van der Waals surface area contributed by atoms with Crippen LogP contribution >= 0.6 is 0 Å². The van der Waals surface area contributed by atoms with Crippen LogP contribution in [0.2, 0.25) is 0 Å². The zero-order valence-electron chi connectivity index (χ0n) is 57.1. The van der Waals surface area contributed by atoms with Crippen molar-refractivity contribution in [1.29, 1.82) is 0 Å². The van der Waals surface area contributed by atoms with Crippen molar-refractivity contribution in [3.8, 4) is 0 Å². The van der Waals surface area contributed by atoms with E-state index in [9.17, 15) is 19.8 Å². The number of rotatable bonds is 71. The van der Waals surface area contributed by atoms with Crippen LogP contribution in [-0.4, -0.2) is 47.4 Å². The van der Waals surface area contributed by atoms with Crippen molar-refractivity contribution in [2.45, 2.75) is 418 Å². The minimum absolute atomic E-state index is 0.00449. The fourth-order valence-corrected chi connectivity index (χ4v) is 11.7. The van der Waals surface area contributed by atoms with Gasteiger partial charge in [-0.25, -0.2) is 0 Å². The predicted octanol–water partition coefficient (Wildman–Crippen LogP) is 25.0. The third-order valence-corrected chi connectivity index (χ3v) is 17.5. The summed E-state index contributed by atoms with van der Waals surface area (Å²) in [6, 6.07) is -0.631. The summed E-state index contributed by atoms with van der Waals surface area (Å²) in [6.45, 7) is 4.91. The molecule has 0 heterocycles. The van der Waals surface area contributed by atoms with Crippen molar-refractivity contribution in [3.63, 3.8) is 0 Å². The van der Waals surface area contributed by atoms with Gasteiger partial charge in [-0.3, -0.25) is 9.59 Å². The third-order valence-electron chi connectivity index (χ3n) is 17.5. The smallest absolute Gasteiger partial charge is 0.305 e. The Labute approximate surface area is 530 Å². The molecule has 1 amide bonds. The fraction of sp³-hybridized carbons (Fsp3) is 0.848. The summed E-state index contributed by atoms with van der Waals surface area (Å²) >= 11 is 0. The number of ether oxygens (including phenoxy) is 1. The van der Waals surface area contributed by atoms with Gasteiger partial charge in [0, 0.05) is 12.8 Å². The maximum atomic E-state index is 12.5. The number of unbranched alkanes of at least 4 members (excludes halogenated alkanes) is 52. The maximum absolute atomic E-state index is 12.5. The van der Waals surface area contributed by atoms with Crippen LogP contribution in [0.3, 0.4) is 0 Å². The highest BCUT2D eigenvalue weighted by Crippen LogP contribution is 2.18. The van der Waals surface area contributed by atoms with Crippen LogP contribution in [0.15, 0.2) is 60.8 Å². The van der Waals surface area contributed by atoms with Crippen LogP contribution in [-0.2, 0) is 14.3 Å². The largest absolute Gasteiger partial charge is 0.466 e. The van der Waals surface area contributed by atoms with E-state index >= 15 is 0 Å². The molecule has 6 nitrogen and oxygen atoms in total. The number of nitrogens with one attached hydrogen (secondary N) is 1. The molecule has 498 valence electrons. The summed E-state index contributed by atoms with van der Waals surface area (Å²) in [4.78, 5) is 24.6. The highest BCUT2D eigenvalue weighted by atomic mass is 16.5. The lowest BCUT2D eigenvalue weighted by atomic mass is 10.0.